The van der Waals surface area contributed by atoms with Crippen molar-refractivity contribution in [1.29, 1.82) is 0 Å². The molecule has 0 N–H and O–H groups in total. The van der Waals surface area contributed by atoms with Gasteiger partial charge in [-0.3, -0.25) is 4.57 Å². The minimum absolute atomic E-state index is 1.11. The lowest BCUT2D eigenvalue weighted by Gasteiger charge is -2.08. The summed E-state index contributed by atoms with van der Waals surface area (Å²) < 4.78 is 2.11. The number of benzene rings is 2. The first-order valence-corrected chi connectivity index (χ1v) is 7.33. The highest BCUT2D eigenvalue weighted by Crippen LogP contribution is 2.23. The summed E-state index contributed by atoms with van der Waals surface area (Å²) in [4.78, 5) is 5.54. The molecule has 2 aromatic carbocycles. The van der Waals surface area contributed by atoms with E-state index >= 15 is 0 Å². The highest BCUT2D eigenvalue weighted by atomic mass is 32.2. The van der Waals surface area contributed by atoms with Gasteiger partial charge in [0, 0.05) is 16.1 Å². The summed E-state index contributed by atoms with van der Waals surface area (Å²) in [5, 5.41) is 0. The second kappa shape index (κ2) is 5.33. The van der Waals surface area contributed by atoms with Crippen LogP contribution in [0.15, 0.2) is 72.0 Å². The monoisotopic (exact) mass is 266 g/mol. The summed E-state index contributed by atoms with van der Waals surface area (Å²) in [5.41, 5.74) is 3.42. The van der Waals surface area contributed by atoms with Crippen LogP contribution in [0.25, 0.3) is 16.9 Å². The fourth-order valence-electron chi connectivity index (χ4n) is 2.07. The summed E-state index contributed by atoms with van der Waals surface area (Å²) in [6.07, 6.45) is 5.84. The molecule has 0 bridgehead atoms. The molecule has 0 aliphatic heterocycles. The molecule has 3 rings (SSSR count). The van der Waals surface area contributed by atoms with Gasteiger partial charge in [0.2, 0.25) is 0 Å². The van der Waals surface area contributed by atoms with Crippen molar-refractivity contribution in [2.75, 3.05) is 6.26 Å². The minimum Gasteiger partial charge on any atom is -0.299 e. The van der Waals surface area contributed by atoms with Crippen molar-refractivity contribution in [3.63, 3.8) is 0 Å². The standard InChI is InChI=1S/C16H14N2S/c1-19-15-9-7-14(8-10-15)18-12-17-11-16(18)13-5-3-2-4-6-13/h2-12H,1H3. The van der Waals surface area contributed by atoms with E-state index in [1.54, 1.807) is 11.8 Å². The molecule has 0 aliphatic carbocycles. The van der Waals surface area contributed by atoms with Gasteiger partial charge in [0.25, 0.3) is 0 Å². The molecule has 0 saturated carbocycles. The lowest BCUT2D eigenvalue weighted by molar-refractivity contribution is 1.06. The van der Waals surface area contributed by atoms with Gasteiger partial charge in [-0.15, -0.1) is 11.8 Å². The Morgan fingerprint density at radius 1 is 0.947 bits per heavy atom. The average molecular weight is 266 g/mol. The van der Waals surface area contributed by atoms with Crippen LogP contribution in [0.1, 0.15) is 0 Å². The Labute approximate surface area is 117 Å². The third kappa shape index (κ3) is 2.42. The van der Waals surface area contributed by atoms with Crippen LogP contribution in [-0.2, 0) is 0 Å². The van der Waals surface area contributed by atoms with Crippen molar-refractivity contribution in [2.24, 2.45) is 0 Å². The molecule has 0 fully saturated rings. The SMILES string of the molecule is CSc1ccc(-n2cncc2-c2ccccc2)cc1. The summed E-state index contributed by atoms with van der Waals surface area (Å²) in [5.74, 6) is 0. The van der Waals surface area contributed by atoms with Crippen LogP contribution in [-0.4, -0.2) is 15.8 Å². The Hall–Kier alpha value is -2.00. The van der Waals surface area contributed by atoms with Crippen LogP contribution in [0.3, 0.4) is 0 Å². The van der Waals surface area contributed by atoms with Crippen LogP contribution >= 0.6 is 11.8 Å². The van der Waals surface area contributed by atoms with Crippen LogP contribution in [0.4, 0.5) is 0 Å². The van der Waals surface area contributed by atoms with E-state index in [-0.39, 0.29) is 0 Å². The molecular weight excluding hydrogens is 252 g/mol. The second-order valence-corrected chi connectivity index (χ2v) is 5.09. The zero-order chi connectivity index (χ0) is 13.1. The molecule has 0 aliphatic rings. The molecular formula is C16H14N2S. The van der Waals surface area contributed by atoms with E-state index in [2.05, 4.69) is 52.2 Å². The van der Waals surface area contributed by atoms with E-state index in [1.165, 1.54) is 10.5 Å². The number of rotatable bonds is 3. The lowest BCUT2D eigenvalue weighted by Crippen LogP contribution is -1.94. The first kappa shape index (κ1) is 12.1. The molecule has 0 spiro atoms. The van der Waals surface area contributed by atoms with Crippen molar-refractivity contribution in [2.45, 2.75) is 4.90 Å². The predicted molar refractivity (Wildman–Crippen MR) is 80.8 cm³/mol. The zero-order valence-electron chi connectivity index (χ0n) is 10.7. The second-order valence-electron chi connectivity index (χ2n) is 4.21. The van der Waals surface area contributed by atoms with Crippen molar-refractivity contribution in [1.82, 2.24) is 9.55 Å². The molecule has 2 nitrogen and oxygen atoms in total. The summed E-state index contributed by atoms with van der Waals surface area (Å²) in [7, 11) is 0. The van der Waals surface area contributed by atoms with Gasteiger partial charge >= 0.3 is 0 Å². The maximum atomic E-state index is 4.28. The van der Waals surface area contributed by atoms with E-state index in [0.29, 0.717) is 0 Å². The number of nitrogens with zero attached hydrogens (tertiary/aromatic N) is 2. The molecule has 0 radical (unpaired) electrons. The molecule has 1 aromatic heterocycles. The topological polar surface area (TPSA) is 17.8 Å². The van der Waals surface area contributed by atoms with Gasteiger partial charge in [0.05, 0.1) is 18.2 Å². The maximum Gasteiger partial charge on any atom is 0.0997 e. The maximum absolute atomic E-state index is 4.28. The Kier molecular flexibility index (Phi) is 3.38. The first-order chi connectivity index (χ1) is 9.38. The Balaban J connectivity index is 2.04. The quantitative estimate of drug-likeness (QED) is 0.659. The summed E-state index contributed by atoms with van der Waals surface area (Å²) in [6, 6.07) is 18.8. The van der Waals surface area contributed by atoms with Crippen LogP contribution < -0.4 is 0 Å². The van der Waals surface area contributed by atoms with Gasteiger partial charge in [-0.25, -0.2) is 4.98 Å². The van der Waals surface area contributed by atoms with Crippen LogP contribution in [0.5, 0.6) is 0 Å². The normalized spacial score (nSPS) is 10.6. The van der Waals surface area contributed by atoms with E-state index in [4.69, 9.17) is 0 Å². The Morgan fingerprint density at radius 2 is 1.68 bits per heavy atom. The molecule has 19 heavy (non-hydrogen) atoms. The molecule has 0 saturated heterocycles. The number of hydrogen-bond acceptors (Lipinski definition) is 2. The molecule has 0 atom stereocenters. The average Bonchev–Trinajstić information content (AvgIpc) is 2.98. The van der Waals surface area contributed by atoms with Crippen LogP contribution in [0.2, 0.25) is 0 Å². The fourth-order valence-corrected chi connectivity index (χ4v) is 2.47. The largest absolute Gasteiger partial charge is 0.299 e. The third-order valence-electron chi connectivity index (χ3n) is 3.06. The van der Waals surface area contributed by atoms with E-state index in [0.717, 1.165) is 11.4 Å². The molecule has 1 heterocycles. The fraction of sp³-hybridized carbons (Fsp3) is 0.0625. The molecule has 94 valence electrons. The van der Waals surface area contributed by atoms with E-state index in [9.17, 15) is 0 Å². The van der Waals surface area contributed by atoms with Gasteiger partial charge in [-0.2, -0.15) is 0 Å². The highest BCUT2D eigenvalue weighted by Gasteiger charge is 2.06. The van der Waals surface area contributed by atoms with Crippen molar-refractivity contribution in [3.8, 4) is 16.9 Å². The van der Waals surface area contributed by atoms with Gasteiger partial charge in [0.1, 0.15) is 0 Å². The molecule has 0 unspecified atom stereocenters. The predicted octanol–water partition coefficient (Wildman–Crippen LogP) is 4.26. The minimum atomic E-state index is 1.11. The van der Waals surface area contributed by atoms with Crippen LogP contribution in [0, 0.1) is 0 Å². The number of thioether (sulfide) groups is 1. The van der Waals surface area contributed by atoms with Gasteiger partial charge in [-0.1, -0.05) is 30.3 Å². The van der Waals surface area contributed by atoms with Gasteiger partial charge < -0.3 is 0 Å². The summed E-state index contributed by atoms with van der Waals surface area (Å²) >= 11 is 1.75. The number of imidazole rings is 1. The lowest BCUT2D eigenvalue weighted by atomic mass is 10.1. The van der Waals surface area contributed by atoms with Crippen molar-refractivity contribution in [3.05, 3.63) is 67.1 Å². The molecule has 3 heteroatoms. The van der Waals surface area contributed by atoms with Crippen molar-refractivity contribution >= 4 is 11.8 Å². The number of aromatic nitrogens is 2. The summed E-state index contributed by atoms with van der Waals surface area (Å²) in [6.45, 7) is 0. The Bertz CT molecular complexity index is 657. The Morgan fingerprint density at radius 3 is 2.37 bits per heavy atom. The molecule has 0 amide bonds. The van der Waals surface area contributed by atoms with E-state index < -0.39 is 0 Å². The number of hydrogen-bond donors (Lipinski definition) is 0. The zero-order valence-corrected chi connectivity index (χ0v) is 11.5. The third-order valence-corrected chi connectivity index (χ3v) is 3.80. The molecule has 3 aromatic rings. The highest BCUT2D eigenvalue weighted by molar-refractivity contribution is 7.98. The van der Waals surface area contributed by atoms with Gasteiger partial charge in [-0.05, 0) is 30.5 Å². The van der Waals surface area contributed by atoms with Crippen molar-refractivity contribution < 1.29 is 0 Å². The van der Waals surface area contributed by atoms with E-state index in [1.807, 2.05) is 30.7 Å². The van der Waals surface area contributed by atoms with Gasteiger partial charge in [0.15, 0.2) is 0 Å². The first-order valence-electron chi connectivity index (χ1n) is 6.10. The smallest absolute Gasteiger partial charge is 0.0997 e.